The fourth-order valence-corrected chi connectivity index (χ4v) is 3.79. The summed E-state index contributed by atoms with van der Waals surface area (Å²) in [5.41, 5.74) is 4.09. The van der Waals surface area contributed by atoms with Crippen LogP contribution in [-0.4, -0.2) is 15.9 Å². The lowest BCUT2D eigenvalue weighted by atomic mass is 10.1. The van der Waals surface area contributed by atoms with Crippen molar-refractivity contribution in [2.45, 2.75) is 6.92 Å². The van der Waals surface area contributed by atoms with E-state index in [9.17, 15) is 4.79 Å². The van der Waals surface area contributed by atoms with E-state index in [1.165, 1.54) is 6.08 Å². The number of hydrogen-bond donors (Lipinski definition) is 1. The number of anilines is 1. The van der Waals surface area contributed by atoms with Crippen LogP contribution in [-0.2, 0) is 4.79 Å². The molecule has 1 amide bonds. The molecule has 0 aliphatic rings. The number of aromatic nitrogens is 2. The number of carbonyl (C=O) groups is 1. The molecular formula is C26H17Cl2N3O3. The molecule has 3 heterocycles. The summed E-state index contributed by atoms with van der Waals surface area (Å²) in [6.07, 6.45) is 4.65. The Kier molecular flexibility index (Phi) is 5.92. The van der Waals surface area contributed by atoms with Crippen molar-refractivity contribution in [2.75, 3.05) is 5.32 Å². The first-order chi connectivity index (χ1) is 16.5. The summed E-state index contributed by atoms with van der Waals surface area (Å²) >= 11 is 12.3. The maximum absolute atomic E-state index is 12.6. The van der Waals surface area contributed by atoms with Gasteiger partial charge < -0.3 is 14.2 Å². The van der Waals surface area contributed by atoms with Crippen LogP contribution < -0.4 is 5.32 Å². The van der Waals surface area contributed by atoms with Crippen molar-refractivity contribution in [3.05, 3.63) is 94.3 Å². The lowest BCUT2D eigenvalue weighted by Crippen LogP contribution is -2.09. The smallest absolute Gasteiger partial charge is 0.248 e. The molecule has 0 fully saturated rings. The second-order valence-electron chi connectivity index (χ2n) is 7.50. The molecule has 168 valence electrons. The van der Waals surface area contributed by atoms with Gasteiger partial charge in [-0.05, 0) is 67.1 Å². The van der Waals surface area contributed by atoms with Gasteiger partial charge in [0.25, 0.3) is 0 Å². The Labute approximate surface area is 204 Å². The minimum absolute atomic E-state index is 0.307. The minimum atomic E-state index is -0.307. The second-order valence-corrected chi connectivity index (χ2v) is 8.29. The number of furan rings is 1. The molecule has 6 nitrogen and oxygen atoms in total. The van der Waals surface area contributed by atoms with E-state index in [4.69, 9.17) is 32.0 Å². The molecule has 3 aromatic heterocycles. The van der Waals surface area contributed by atoms with Crippen LogP contribution in [0.1, 0.15) is 11.3 Å². The van der Waals surface area contributed by atoms with Gasteiger partial charge in [-0.25, -0.2) is 4.98 Å². The molecule has 0 aliphatic heterocycles. The summed E-state index contributed by atoms with van der Waals surface area (Å²) in [4.78, 5) is 21.2. The highest BCUT2D eigenvalue weighted by Gasteiger charge is 2.12. The number of carbonyl (C=O) groups excluding carboxylic acids is 1. The Morgan fingerprint density at radius 3 is 2.76 bits per heavy atom. The lowest BCUT2D eigenvalue weighted by Gasteiger charge is -2.07. The normalized spacial score (nSPS) is 11.4. The van der Waals surface area contributed by atoms with Gasteiger partial charge in [-0.15, -0.1) is 0 Å². The molecule has 0 radical (unpaired) electrons. The van der Waals surface area contributed by atoms with Crippen molar-refractivity contribution in [1.29, 1.82) is 0 Å². The van der Waals surface area contributed by atoms with E-state index in [0.29, 0.717) is 49.9 Å². The van der Waals surface area contributed by atoms with E-state index in [-0.39, 0.29) is 5.91 Å². The first kappa shape index (κ1) is 21.9. The van der Waals surface area contributed by atoms with Crippen LogP contribution >= 0.6 is 23.2 Å². The van der Waals surface area contributed by atoms with Gasteiger partial charge in [0.2, 0.25) is 11.8 Å². The average molecular weight is 490 g/mol. The number of halogens is 2. The van der Waals surface area contributed by atoms with Gasteiger partial charge in [-0.1, -0.05) is 35.3 Å². The predicted octanol–water partition coefficient (Wildman–Crippen LogP) is 7.42. The molecule has 0 atom stereocenters. The van der Waals surface area contributed by atoms with Gasteiger partial charge in [0.15, 0.2) is 11.2 Å². The predicted molar refractivity (Wildman–Crippen MR) is 134 cm³/mol. The highest BCUT2D eigenvalue weighted by atomic mass is 35.5. The lowest BCUT2D eigenvalue weighted by molar-refractivity contribution is -0.111. The van der Waals surface area contributed by atoms with Gasteiger partial charge in [-0.2, -0.15) is 4.98 Å². The number of aryl methyl sites for hydroxylation is 1. The van der Waals surface area contributed by atoms with E-state index in [1.54, 1.807) is 48.7 Å². The molecule has 0 saturated carbocycles. The number of oxazole rings is 1. The number of nitrogens with zero attached hydrogens (tertiary/aromatic N) is 2. The molecule has 5 rings (SSSR count). The number of nitrogens with one attached hydrogen (secondary N) is 1. The molecule has 1 N–H and O–H groups in total. The number of amides is 1. The standard InChI is InChI=1S/C26H17Cl2N3O3/c1-15-7-8-16(26-31-25-22(34-26)6-3-13-29-25)14-20(15)30-23(32)12-10-17-9-11-21(33-17)18-4-2-5-19(27)24(18)28/h2-14H,1H3,(H,30,32). The molecular weight excluding hydrogens is 473 g/mol. The molecule has 34 heavy (non-hydrogen) atoms. The highest BCUT2D eigenvalue weighted by molar-refractivity contribution is 6.43. The molecule has 5 aromatic rings. The number of rotatable bonds is 5. The van der Waals surface area contributed by atoms with Gasteiger partial charge in [-0.3, -0.25) is 4.79 Å². The third kappa shape index (κ3) is 4.46. The van der Waals surface area contributed by atoms with Crippen molar-refractivity contribution in [3.8, 4) is 22.8 Å². The summed E-state index contributed by atoms with van der Waals surface area (Å²) in [5, 5.41) is 3.75. The van der Waals surface area contributed by atoms with Crippen LogP contribution in [0, 0.1) is 6.92 Å². The van der Waals surface area contributed by atoms with Crippen LogP contribution in [0.5, 0.6) is 0 Å². The summed E-state index contributed by atoms with van der Waals surface area (Å²) in [5.74, 6) is 1.19. The second kappa shape index (κ2) is 9.17. The largest absolute Gasteiger partial charge is 0.457 e. The molecule has 0 spiro atoms. The number of hydrogen-bond acceptors (Lipinski definition) is 5. The fraction of sp³-hybridized carbons (Fsp3) is 0.0385. The van der Waals surface area contributed by atoms with E-state index < -0.39 is 0 Å². The molecule has 0 saturated heterocycles. The van der Waals surface area contributed by atoms with Gasteiger partial charge in [0.05, 0.1) is 10.0 Å². The zero-order chi connectivity index (χ0) is 23.7. The SMILES string of the molecule is Cc1ccc(-c2nc3ncccc3o2)cc1NC(=O)C=Cc1ccc(-c2cccc(Cl)c2Cl)o1. The summed E-state index contributed by atoms with van der Waals surface area (Å²) in [6.45, 7) is 1.91. The Morgan fingerprint density at radius 2 is 1.91 bits per heavy atom. The third-order valence-corrected chi connectivity index (χ3v) is 5.97. The fourth-order valence-electron chi connectivity index (χ4n) is 3.40. The van der Waals surface area contributed by atoms with Crippen molar-refractivity contribution in [3.63, 3.8) is 0 Å². The maximum atomic E-state index is 12.6. The Morgan fingerprint density at radius 1 is 1.03 bits per heavy atom. The summed E-state index contributed by atoms with van der Waals surface area (Å²) < 4.78 is 11.6. The van der Waals surface area contributed by atoms with Crippen molar-refractivity contribution in [1.82, 2.24) is 9.97 Å². The minimum Gasteiger partial charge on any atom is -0.457 e. The molecule has 0 aliphatic carbocycles. The van der Waals surface area contributed by atoms with E-state index in [1.807, 2.05) is 31.2 Å². The van der Waals surface area contributed by atoms with Crippen molar-refractivity contribution < 1.29 is 13.6 Å². The van der Waals surface area contributed by atoms with Gasteiger partial charge >= 0.3 is 0 Å². The van der Waals surface area contributed by atoms with Crippen molar-refractivity contribution in [2.24, 2.45) is 0 Å². The summed E-state index contributed by atoms with van der Waals surface area (Å²) in [6, 6.07) is 18.0. The number of benzene rings is 2. The van der Waals surface area contributed by atoms with Gasteiger partial charge in [0.1, 0.15) is 11.5 Å². The Hall–Kier alpha value is -3.87. The van der Waals surface area contributed by atoms with E-state index in [2.05, 4.69) is 15.3 Å². The Bertz CT molecular complexity index is 1520. The van der Waals surface area contributed by atoms with Crippen molar-refractivity contribution >= 4 is 52.1 Å². The van der Waals surface area contributed by atoms with E-state index >= 15 is 0 Å². The van der Waals surface area contributed by atoms with Crippen LogP contribution in [0.15, 0.2) is 81.8 Å². The maximum Gasteiger partial charge on any atom is 0.248 e. The Balaban J connectivity index is 1.32. The topological polar surface area (TPSA) is 81.2 Å². The van der Waals surface area contributed by atoms with E-state index in [0.717, 1.165) is 11.1 Å². The molecule has 8 heteroatoms. The molecule has 0 bridgehead atoms. The number of pyridine rings is 1. The zero-order valence-electron chi connectivity index (χ0n) is 17.9. The van der Waals surface area contributed by atoms with Crippen LogP contribution in [0.25, 0.3) is 40.1 Å². The average Bonchev–Trinajstić information content (AvgIpc) is 3.48. The summed E-state index contributed by atoms with van der Waals surface area (Å²) in [7, 11) is 0. The first-order valence-corrected chi connectivity index (χ1v) is 11.1. The van der Waals surface area contributed by atoms with Crippen LogP contribution in [0.3, 0.4) is 0 Å². The quantitative estimate of drug-likeness (QED) is 0.259. The van der Waals surface area contributed by atoms with Crippen LogP contribution in [0.4, 0.5) is 5.69 Å². The monoisotopic (exact) mass is 489 g/mol. The van der Waals surface area contributed by atoms with Crippen LogP contribution in [0.2, 0.25) is 10.0 Å². The molecule has 0 unspecified atom stereocenters. The highest BCUT2D eigenvalue weighted by Crippen LogP contribution is 2.34. The third-order valence-electron chi connectivity index (χ3n) is 5.15. The van der Waals surface area contributed by atoms with Gasteiger partial charge in [0, 0.05) is 29.1 Å². The molecule has 2 aromatic carbocycles. The zero-order valence-corrected chi connectivity index (χ0v) is 19.4. The first-order valence-electron chi connectivity index (χ1n) is 10.3. The number of fused-ring (bicyclic) bond motifs is 1.